The van der Waals surface area contributed by atoms with Crippen molar-refractivity contribution in [1.82, 2.24) is 0 Å². The van der Waals surface area contributed by atoms with Crippen LogP contribution in [-0.2, 0) is 9.09 Å². The van der Waals surface area contributed by atoms with Crippen molar-refractivity contribution >= 4 is 20.9 Å². The maximum Gasteiger partial charge on any atom is 0.694 e. The monoisotopic (exact) mass is 171 g/mol. The van der Waals surface area contributed by atoms with Gasteiger partial charge >= 0.3 is 8.25 Å². The first-order valence-corrected chi connectivity index (χ1v) is 4.01. The smallest absolute Gasteiger partial charge is 0.390 e. The fourth-order valence-corrected chi connectivity index (χ4v) is 0.608. The number of aliphatic hydroxyl groups is 1. The zero-order valence-corrected chi connectivity index (χ0v) is 6.39. The standard InChI is InChI=1S/C3H7O4PS/c4-3(2-9)1-7-8(5)6/h3-4H,1-2H2,(H-,5,6,9)/p+1. The number of rotatable bonds is 4. The Morgan fingerprint density at radius 2 is 2.33 bits per heavy atom. The second-order valence-corrected chi connectivity index (χ2v) is 2.47. The van der Waals surface area contributed by atoms with Gasteiger partial charge in [-0.3, -0.25) is 0 Å². The highest BCUT2D eigenvalue weighted by atomic mass is 32.1. The SMILES string of the molecule is O=[P+](O)OCC(O)CS. The van der Waals surface area contributed by atoms with Gasteiger partial charge in [0.05, 0.1) is 6.10 Å². The van der Waals surface area contributed by atoms with E-state index in [0.29, 0.717) is 0 Å². The van der Waals surface area contributed by atoms with Gasteiger partial charge in [0.15, 0.2) is 0 Å². The Balaban J connectivity index is 3.16. The summed E-state index contributed by atoms with van der Waals surface area (Å²) in [5.74, 6) is 0.225. The summed E-state index contributed by atoms with van der Waals surface area (Å²) in [6.07, 6.45) is -0.764. The molecule has 2 N–H and O–H groups in total. The average molecular weight is 171 g/mol. The van der Waals surface area contributed by atoms with Crippen LogP contribution in [0, 0.1) is 0 Å². The normalized spacial score (nSPS) is 15.2. The highest BCUT2D eigenvalue weighted by molar-refractivity contribution is 7.80. The van der Waals surface area contributed by atoms with Crippen LogP contribution in [0.4, 0.5) is 0 Å². The molecule has 0 amide bonds. The van der Waals surface area contributed by atoms with E-state index >= 15 is 0 Å². The minimum atomic E-state index is -2.58. The Hall–Kier alpha value is 0.330. The molecule has 0 aromatic heterocycles. The van der Waals surface area contributed by atoms with Crippen LogP contribution in [0.1, 0.15) is 0 Å². The molecule has 0 aliphatic heterocycles. The first kappa shape index (κ1) is 9.33. The van der Waals surface area contributed by atoms with Gasteiger partial charge in [0.2, 0.25) is 0 Å². The second-order valence-electron chi connectivity index (χ2n) is 1.37. The van der Waals surface area contributed by atoms with E-state index in [1.807, 2.05) is 0 Å². The van der Waals surface area contributed by atoms with E-state index in [-0.39, 0.29) is 12.4 Å². The van der Waals surface area contributed by atoms with Crippen LogP contribution in [0.25, 0.3) is 0 Å². The molecule has 0 aromatic rings. The third kappa shape index (κ3) is 6.21. The van der Waals surface area contributed by atoms with Crippen LogP contribution in [0.5, 0.6) is 0 Å². The predicted molar refractivity (Wildman–Crippen MR) is 35.6 cm³/mol. The zero-order valence-electron chi connectivity index (χ0n) is 4.60. The van der Waals surface area contributed by atoms with Crippen LogP contribution >= 0.6 is 20.9 Å². The van der Waals surface area contributed by atoms with E-state index in [0.717, 1.165) is 0 Å². The summed E-state index contributed by atoms with van der Waals surface area (Å²) in [5.41, 5.74) is 0. The van der Waals surface area contributed by atoms with E-state index < -0.39 is 14.4 Å². The molecule has 6 heteroatoms. The van der Waals surface area contributed by atoms with E-state index in [1.54, 1.807) is 0 Å². The molecule has 0 heterocycles. The first-order chi connectivity index (χ1) is 4.16. The van der Waals surface area contributed by atoms with Crippen molar-refractivity contribution in [2.45, 2.75) is 6.10 Å². The predicted octanol–water partition coefficient (Wildman–Crippen LogP) is -0.0566. The maximum absolute atomic E-state index is 9.81. The molecule has 0 spiro atoms. The molecular formula is C3H8O4PS+. The third-order valence-electron chi connectivity index (χ3n) is 0.588. The molecule has 0 saturated heterocycles. The van der Waals surface area contributed by atoms with E-state index in [9.17, 15) is 4.57 Å². The van der Waals surface area contributed by atoms with E-state index in [2.05, 4.69) is 17.2 Å². The van der Waals surface area contributed by atoms with Gasteiger partial charge in [-0.2, -0.15) is 12.6 Å². The molecule has 2 atom stereocenters. The molecule has 9 heavy (non-hydrogen) atoms. The summed E-state index contributed by atoms with van der Waals surface area (Å²) in [6, 6.07) is 0. The van der Waals surface area contributed by atoms with Crippen molar-refractivity contribution in [2.75, 3.05) is 12.4 Å². The fourth-order valence-electron chi connectivity index (χ4n) is 0.203. The number of thiol groups is 1. The highest BCUT2D eigenvalue weighted by Gasteiger charge is 2.14. The van der Waals surface area contributed by atoms with Crippen LogP contribution in [0.3, 0.4) is 0 Å². The number of hydrogen-bond acceptors (Lipinski definition) is 4. The molecule has 0 bridgehead atoms. The van der Waals surface area contributed by atoms with Crippen LogP contribution in [-0.4, -0.2) is 28.5 Å². The number of hydrogen-bond donors (Lipinski definition) is 3. The maximum atomic E-state index is 9.81. The van der Waals surface area contributed by atoms with Crippen LogP contribution in [0.2, 0.25) is 0 Å². The Bertz CT molecular complexity index is 97.8. The molecule has 0 aliphatic rings. The lowest BCUT2D eigenvalue weighted by Crippen LogP contribution is -2.14. The minimum Gasteiger partial charge on any atom is -0.390 e. The summed E-state index contributed by atoms with van der Waals surface area (Å²) in [5, 5.41) is 8.67. The van der Waals surface area contributed by atoms with Gasteiger partial charge < -0.3 is 5.11 Å². The van der Waals surface area contributed by atoms with Gasteiger partial charge in [-0.15, -0.1) is 9.42 Å². The lowest BCUT2D eigenvalue weighted by Gasteiger charge is -1.97. The summed E-state index contributed by atoms with van der Waals surface area (Å²) in [4.78, 5) is 8.05. The Morgan fingerprint density at radius 1 is 1.78 bits per heavy atom. The van der Waals surface area contributed by atoms with Crippen molar-refractivity contribution in [1.29, 1.82) is 0 Å². The zero-order chi connectivity index (χ0) is 7.28. The molecular weight excluding hydrogens is 163 g/mol. The molecule has 0 aromatic carbocycles. The summed E-state index contributed by atoms with van der Waals surface area (Å²) in [7, 11) is -2.58. The van der Waals surface area contributed by atoms with E-state index in [4.69, 9.17) is 10.00 Å². The molecule has 0 aliphatic carbocycles. The van der Waals surface area contributed by atoms with Crippen molar-refractivity contribution in [3.63, 3.8) is 0 Å². The largest absolute Gasteiger partial charge is 0.694 e. The van der Waals surface area contributed by atoms with Gasteiger partial charge in [-0.05, 0) is 0 Å². The van der Waals surface area contributed by atoms with Crippen molar-refractivity contribution in [2.24, 2.45) is 0 Å². The molecule has 0 fully saturated rings. The van der Waals surface area contributed by atoms with Gasteiger partial charge in [0.25, 0.3) is 0 Å². The molecule has 0 radical (unpaired) electrons. The van der Waals surface area contributed by atoms with Gasteiger partial charge in [0.1, 0.15) is 6.61 Å². The Morgan fingerprint density at radius 3 is 2.67 bits per heavy atom. The molecule has 0 saturated carbocycles. The van der Waals surface area contributed by atoms with Crippen LogP contribution in [0.15, 0.2) is 0 Å². The lowest BCUT2D eigenvalue weighted by atomic mass is 10.4. The molecule has 4 nitrogen and oxygen atoms in total. The summed E-state index contributed by atoms with van der Waals surface area (Å²) in [6.45, 7) is -0.144. The van der Waals surface area contributed by atoms with Crippen molar-refractivity contribution in [3.8, 4) is 0 Å². The van der Waals surface area contributed by atoms with Gasteiger partial charge in [-0.1, -0.05) is 0 Å². The first-order valence-electron chi connectivity index (χ1n) is 2.24. The van der Waals surface area contributed by atoms with Gasteiger partial charge in [0, 0.05) is 10.3 Å². The topological polar surface area (TPSA) is 66.8 Å². The van der Waals surface area contributed by atoms with Crippen molar-refractivity contribution in [3.05, 3.63) is 0 Å². The van der Waals surface area contributed by atoms with E-state index in [1.165, 1.54) is 0 Å². The molecule has 54 valence electrons. The third-order valence-corrected chi connectivity index (χ3v) is 1.38. The lowest BCUT2D eigenvalue weighted by molar-refractivity contribution is 0.123. The van der Waals surface area contributed by atoms with Gasteiger partial charge in [-0.25, -0.2) is 0 Å². The summed E-state index contributed by atoms with van der Waals surface area (Å²) < 4.78 is 14.0. The van der Waals surface area contributed by atoms with Crippen molar-refractivity contribution < 1.29 is 19.1 Å². The quantitative estimate of drug-likeness (QED) is 0.409. The average Bonchev–Trinajstić information content (AvgIpc) is 1.83. The molecule has 2 unspecified atom stereocenters. The fraction of sp³-hybridized carbons (Fsp3) is 1.00. The summed E-state index contributed by atoms with van der Waals surface area (Å²) >= 11 is 3.71. The Labute approximate surface area is 59.2 Å². The Kier molecular flexibility index (Phi) is 5.33. The highest BCUT2D eigenvalue weighted by Crippen LogP contribution is 2.14. The molecule has 0 rings (SSSR count). The van der Waals surface area contributed by atoms with Crippen LogP contribution < -0.4 is 0 Å². The second kappa shape index (κ2) is 5.14. The minimum absolute atomic E-state index is 0.144. The number of aliphatic hydroxyl groups excluding tert-OH is 1.